The van der Waals surface area contributed by atoms with Crippen LogP contribution in [0.5, 0.6) is 5.75 Å². The van der Waals surface area contributed by atoms with Crippen molar-refractivity contribution in [1.82, 2.24) is 14.4 Å². The van der Waals surface area contributed by atoms with E-state index in [2.05, 4.69) is 18.7 Å². The van der Waals surface area contributed by atoms with E-state index in [-0.39, 0.29) is 17.0 Å². The molecule has 0 fully saturated rings. The number of benzene rings is 1. The number of carbonyl (C=O) groups is 2. The van der Waals surface area contributed by atoms with E-state index in [1.54, 1.807) is 24.1 Å². The van der Waals surface area contributed by atoms with Crippen molar-refractivity contribution in [3.05, 3.63) is 39.5 Å². The van der Waals surface area contributed by atoms with Crippen LogP contribution in [-0.2, 0) is 11.3 Å². The normalized spacial score (nSPS) is 11.4. The zero-order valence-corrected chi connectivity index (χ0v) is 19.0. The van der Waals surface area contributed by atoms with Crippen molar-refractivity contribution in [2.75, 3.05) is 40.3 Å². The largest absolute Gasteiger partial charge is 0.494 e. The first kappa shape index (κ1) is 22.8. The van der Waals surface area contributed by atoms with Crippen molar-refractivity contribution in [2.24, 2.45) is 0 Å². The molecule has 9 heteroatoms. The summed E-state index contributed by atoms with van der Waals surface area (Å²) in [7, 11) is 3.15. The minimum Gasteiger partial charge on any atom is -0.494 e. The number of amides is 1. The highest BCUT2D eigenvalue weighted by molar-refractivity contribution is 7.22. The van der Waals surface area contributed by atoms with Gasteiger partial charge in [0.25, 0.3) is 11.5 Å². The number of thiophene rings is 1. The first-order valence-corrected chi connectivity index (χ1v) is 11.0. The van der Waals surface area contributed by atoms with E-state index in [9.17, 15) is 19.5 Å². The summed E-state index contributed by atoms with van der Waals surface area (Å²) in [4.78, 5) is 42.1. The van der Waals surface area contributed by atoms with E-state index in [1.165, 1.54) is 23.0 Å². The van der Waals surface area contributed by atoms with Crippen LogP contribution in [0.3, 0.4) is 0 Å². The molecule has 2 aromatic heterocycles. The second kappa shape index (κ2) is 9.49. The number of para-hydroxylation sites is 1. The molecule has 0 aliphatic heterocycles. The molecule has 1 N–H and O–H groups in total. The number of rotatable bonds is 9. The van der Waals surface area contributed by atoms with Gasteiger partial charge in [-0.25, -0.2) is 0 Å². The van der Waals surface area contributed by atoms with Crippen LogP contribution in [0.4, 0.5) is 0 Å². The highest BCUT2D eigenvalue weighted by Crippen LogP contribution is 2.40. The lowest BCUT2D eigenvalue weighted by molar-refractivity contribution is -0.137. The fourth-order valence-electron chi connectivity index (χ4n) is 3.68. The number of aromatic nitrogens is 1. The second-order valence-electron chi connectivity index (χ2n) is 7.22. The topological polar surface area (TPSA) is 92.1 Å². The summed E-state index contributed by atoms with van der Waals surface area (Å²) in [5, 5.41) is 10.3. The average molecular weight is 446 g/mol. The van der Waals surface area contributed by atoms with Crippen LogP contribution in [-0.4, -0.2) is 71.7 Å². The minimum absolute atomic E-state index is 0.203. The van der Waals surface area contributed by atoms with E-state index in [0.717, 1.165) is 19.6 Å². The van der Waals surface area contributed by atoms with Crippen LogP contribution in [0.1, 0.15) is 23.5 Å². The molecule has 0 radical (unpaired) electrons. The Bertz CT molecular complexity index is 1180. The molecule has 0 bridgehead atoms. The van der Waals surface area contributed by atoms with Gasteiger partial charge in [0.2, 0.25) is 0 Å². The van der Waals surface area contributed by atoms with Crippen LogP contribution in [0.25, 0.3) is 21.0 Å². The molecule has 3 rings (SSSR count). The second-order valence-corrected chi connectivity index (χ2v) is 8.24. The van der Waals surface area contributed by atoms with Gasteiger partial charge in [0.05, 0.1) is 17.3 Å². The van der Waals surface area contributed by atoms with Gasteiger partial charge in [-0.05, 0) is 19.2 Å². The summed E-state index contributed by atoms with van der Waals surface area (Å²) in [6.07, 6.45) is 0. The molecule has 166 valence electrons. The van der Waals surface area contributed by atoms with Crippen molar-refractivity contribution in [3.8, 4) is 5.75 Å². The molecule has 2 heterocycles. The summed E-state index contributed by atoms with van der Waals surface area (Å²) >= 11 is 1.21. The molecule has 3 aromatic rings. The Kier molecular flexibility index (Phi) is 6.97. The maximum atomic E-state index is 13.3. The first-order chi connectivity index (χ1) is 14.8. The number of aliphatic carboxylic acids is 1. The van der Waals surface area contributed by atoms with E-state index >= 15 is 0 Å². The number of carbonyl (C=O) groups excluding carboxylic acids is 1. The Morgan fingerprint density at radius 1 is 1.16 bits per heavy atom. The van der Waals surface area contributed by atoms with Crippen molar-refractivity contribution in [3.63, 3.8) is 0 Å². The standard InChI is InChI=1S/C22H27N3O5S/c1-5-24(6-2)12-11-23(3)22(29)20-18(30-4)17-19(31-20)14-9-7-8-10-15(14)25(21(17)28)13-16(26)27/h7-10H,5-6,11-13H2,1-4H3,(H,26,27). The Hall–Kier alpha value is -2.91. The molecule has 0 unspecified atom stereocenters. The Morgan fingerprint density at radius 2 is 1.84 bits per heavy atom. The predicted octanol–water partition coefficient (Wildman–Crippen LogP) is 2.72. The summed E-state index contributed by atoms with van der Waals surface area (Å²) in [5.41, 5.74) is 0.0363. The van der Waals surface area contributed by atoms with Gasteiger partial charge >= 0.3 is 5.97 Å². The minimum atomic E-state index is -1.12. The molecular weight excluding hydrogens is 418 g/mol. The molecule has 0 saturated heterocycles. The number of carboxylic acids is 1. The van der Waals surface area contributed by atoms with Gasteiger partial charge in [0, 0.05) is 25.5 Å². The smallest absolute Gasteiger partial charge is 0.323 e. The number of carboxylic acid groups (broad SMARTS) is 1. The molecule has 0 spiro atoms. The number of hydrogen-bond acceptors (Lipinski definition) is 6. The molecule has 0 atom stereocenters. The Balaban J connectivity index is 2.15. The summed E-state index contributed by atoms with van der Waals surface area (Å²) < 4.78 is 7.36. The predicted molar refractivity (Wildman–Crippen MR) is 123 cm³/mol. The molecule has 0 aliphatic rings. The number of methoxy groups -OCH3 is 1. The van der Waals surface area contributed by atoms with Gasteiger partial charge < -0.3 is 19.6 Å². The third-order valence-corrected chi connectivity index (χ3v) is 6.64. The van der Waals surface area contributed by atoms with Crippen LogP contribution in [0.15, 0.2) is 29.1 Å². The maximum Gasteiger partial charge on any atom is 0.323 e. The SMILES string of the molecule is CCN(CC)CCN(C)C(=O)c1sc2c(c1OC)c(=O)n(CC(=O)O)c1ccccc21. The highest BCUT2D eigenvalue weighted by atomic mass is 32.1. The van der Waals surface area contributed by atoms with Crippen LogP contribution in [0, 0.1) is 0 Å². The van der Waals surface area contributed by atoms with E-state index < -0.39 is 18.1 Å². The number of likely N-dealkylation sites (N-methyl/N-ethyl adjacent to an activating group) is 2. The molecular formula is C22H27N3O5S. The fraction of sp³-hybridized carbons (Fsp3) is 0.409. The summed E-state index contributed by atoms with van der Waals surface area (Å²) in [6, 6.07) is 7.11. The Morgan fingerprint density at radius 3 is 2.45 bits per heavy atom. The van der Waals surface area contributed by atoms with Gasteiger partial charge in [-0.3, -0.25) is 19.0 Å². The average Bonchev–Trinajstić information content (AvgIpc) is 3.16. The number of fused-ring (bicyclic) bond motifs is 3. The number of ether oxygens (including phenoxy) is 1. The quantitative estimate of drug-likeness (QED) is 0.545. The van der Waals surface area contributed by atoms with Gasteiger partial charge in [-0.1, -0.05) is 32.0 Å². The number of pyridine rings is 1. The molecule has 0 saturated carbocycles. The molecule has 8 nitrogen and oxygen atoms in total. The highest BCUT2D eigenvalue weighted by Gasteiger charge is 2.27. The maximum absolute atomic E-state index is 13.3. The first-order valence-electron chi connectivity index (χ1n) is 10.2. The lowest BCUT2D eigenvalue weighted by Crippen LogP contribution is -2.36. The fourth-order valence-corrected chi connectivity index (χ4v) is 4.97. The summed E-state index contributed by atoms with van der Waals surface area (Å²) in [6.45, 7) is 6.78. The lowest BCUT2D eigenvalue weighted by Gasteiger charge is -2.23. The molecule has 31 heavy (non-hydrogen) atoms. The van der Waals surface area contributed by atoms with Gasteiger partial charge in [-0.2, -0.15) is 0 Å². The zero-order valence-electron chi connectivity index (χ0n) is 18.2. The van der Waals surface area contributed by atoms with E-state index in [4.69, 9.17) is 4.74 Å². The number of nitrogens with zero attached hydrogens (tertiary/aromatic N) is 3. The van der Waals surface area contributed by atoms with Gasteiger partial charge in [0.1, 0.15) is 16.8 Å². The van der Waals surface area contributed by atoms with E-state index in [0.29, 0.717) is 27.0 Å². The van der Waals surface area contributed by atoms with Crippen molar-refractivity contribution in [2.45, 2.75) is 20.4 Å². The van der Waals surface area contributed by atoms with E-state index in [1.807, 2.05) is 12.1 Å². The molecule has 1 aromatic carbocycles. The molecule has 0 aliphatic carbocycles. The monoisotopic (exact) mass is 445 g/mol. The third kappa shape index (κ3) is 4.28. The van der Waals surface area contributed by atoms with Crippen molar-refractivity contribution < 1.29 is 19.4 Å². The van der Waals surface area contributed by atoms with Gasteiger partial charge in [-0.15, -0.1) is 11.3 Å². The summed E-state index contributed by atoms with van der Waals surface area (Å²) in [5.74, 6) is -1.14. The van der Waals surface area contributed by atoms with Crippen molar-refractivity contribution in [1.29, 1.82) is 0 Å². The lowest BCUT2D eigenvalue weighted by atomic mass is 10.1. The zero-order chi connectivity index (χ0) is 22.7. The molecule has 1 amide bonds. The third-order valence-electron chi connectivity index (χ3n) is 5.45. The Labute approximate surface area is 184 Å². The van der Waals surface area contributed by atoms with Crippen LogP contribution < -0.4 is 10.3 Å². The van der Waals surface area contributed by atoms with Crippen molar-refractivity contribution >= 4 is 44.2 Å². The van der Waals surface area contributed by atoms with Crippen LogP contribution >= 0.6 is 11.3 Å². The number of hydrogen-bond donors (Lipinski definition) is 1. The van der Waals surface area contributed by atoms with Gasteiger partial charge in [0.15, 0.2) is 5.75 Å². The van der Waals surface area contributed by atoms with Crippen LogP contribution in [0.2, 0.25) is 0 Å².